The lowest BCUT2D eigenvalue weighted by atomic mass is 10.1. The van der Waals surface area contributed by atoms with Gasteiger partial charge in [-0.05, 0) is 48.9 Å². The fourth-order valence-corrected chi connectivity index (χ4v) is 4.75. The van der Waals surface area contributed by atoms with Crippen molar-refractivity contribution in [3.8, 4) is 17.2 Å². The molecule has 5 rings (SSSR count). The van der Waals surface area contributed by atoms with Crippen LogP contribution in [0.15, 0.2) is 78.9 Å². The highest BCUT2D eigenvalue weighted by atomic mass is 16.5. The molecule has 0 bridgehead atoms. The van der Waals surface area contributed by atoms with E-state index in [2.05, 4.69) is 27.5 Å². The molecule has 2 amide bonds. The molecule has 0 aliphatic heterocycles. The van der Waals surface area contributed by atoms with Crippen molar-refractivity contribution in [2.45, 2.75) is 45.7 Å². The van der Waals surface area contributed by atoms with Gasteiger partial charge in [0.2, 0.25) is 0 Å². The molecule has 0 radical (unpaired) electrons. The third kappa shape index (κ3) is 7.37. The lowest BCUT2D eigenvalue weighted by molar-refractivity contribution is 0.0950. The molecule has 2 heterocycles. The lowest BCUT2D eigenvalue weighted by Crippen LogP contribution is -2.26. The molecule has 0 fully saturated rings. The average Bonchev–Trinajstić information content (AvgIpc) is 3.02. The van der Waals surface area contributed by atoms with Crippen molar-refractivity contribution in [1.29, 1.82) is 0 Å². The summed E-state index contributed by atoms with van der Waals surface area (Å²) < 4.78 is 5.94. The number of benzene rings is 3. The Bertz CT molecular complexity index is 1650. The van der Waals surface area contributed by atoms with Gasteiger partial charge in [-0.25, -0.2) is 9.97 Å². The second kappa shape index (κ2) is 13.7. The minimum atomic E-state index is -0.392. The van der Waals surface area contributed by atoms with E-state index < -0.39 is 11.8 Å². The van der Waals surface area contributed by atoms with Crippen LogP contribution in [0.2, 0.25) is 0 Å². The summed E-state index contributed by atoms with van der Waals surface area (Å²) in [6, 6.07) is 22.4. The first-order valence-corrected chi connectivity index (χ1v) is 14.4. The van der Waals surface area contributed by atoms with Crippen molar-refractivity contribution in [3.05, 3.63) is 101 Å². The molecular weight excluding hydrogens is 544 g/mol. The topological polar surface area (TPSA) is 134 Å². The van der Waals surface area contributed by atoms with Crippen molar-refractivity contribution in [3.63, 3.8) is 0 Å². The summed E-state index contributed by atoms with van der Waals surface area (Å²) in [5, 5.41) is 27.6. The number of aromatic nitrogens is 2. The van der Waals surface area contributed by atoms with Crippen LogP contribution in [-0.4, -0.2) is 38.6 Å². The number of rotatable bonds is 12. The fraction of sp³-hybridized carbons (Fsp3) is 0.235. The Labute approximate surface area is 249 Å². The summed E-state index contributed by atoms with van der Waals surface area (Å²) in [5.41, 5.74) is 2.63. The van der Waals surface area contributed by atoms with Crippen LogP contribution in [0.5, 0.6) is 17.2 Å². The smallest absolute Gasteiger partial charge is 0.251 e. The monoisotopic (exact) mass is 578 g/mol. The number of pyridine rings is 2. The molecule has 0 atom stereocenters. The second-order valence-corrected chi connectivity index (χ2v) is 10.3. The van der Waals surface area contributed by atoms with Crippen molar-refractivity contribution in [1.82, 2.24) is 20.6 Å². The summed E-state index contributed by atoms with van der Waals surface area (Å²) in [5.74, 6) is -0.217. The van der Waals surface area contributed by atoms with Gasteiger partial charge < -0.3 is 25.6 Å². The Hall–Kier alpha value is -5.18. The highest BCUT2D eigenvalue weighted by molar-refractivity contribution is 6.00. The maximum Gasteiger partial charge on any atom is 0.251 e. The van der Waals surface area contributed by atoms with Gasteiger partial charge in [-0.2, -0.15) is 0 Å². The molecule has 3 aromatic carbocycles. The number of fused-ring (bicyclic) bond motifs is 2. The number of nitrogens with one attached hydrogen (secondary N) is 2. The number of hydrogen-bond donors (Lipinski definition) is 4. The number of phenols is 2. The Morgan fingerprint density at radius 2 is 1.23 bits per heavy atom. The van der Waals surface area contributed by atoms with E-state index >= 15 is 0 Å². The number of aromatic hydroxyl groups is 2. The third-order valence-electron chi connectivity index (χ3n) is 7.07. The predicted octanol–water partition coefficient (Wildman–Crippen LogP) is 6.01. The number of para-hydroxylation sites is 2. The summed E-state index contributed by atoms with van der Waals surface area (Å²) >= 11 is 0. The molecule has 2 aromatic heterocycles. The van der Waals surface area contributed by atoms with Crippen LogP contribution >= 0.6 is 0 Å². The molecule has 0 saturated carbocycles. The lowest BCUT2D eigenvalue weighted by Gasteiger charge is -2.12. The number of carbonyl (C=O) groups is 2. The van der Waals surface area contributed by atoms with Crippen molar-refractivity contribution in [2.75, 3.05) is 6.61 Å². The number of ether oxygens (including phenoxy) is 1. The van der Waals surface area contributed by atoms with Crippen LogP contribution in [-0.2, 0) is 13.1 Å². The molecule has 43 heavy (non-hydrogen) atoms. The molecule has 5 aromatic rings. The van der Waals surface area contributed by atoms with Gasteiger partial charge in [0, 0.05) is 21.9 Å². The molecule has 0 spiro atoms. The number of phenolic OH excluding ortho intramolecular Hbond substituents is 2. The molecule has 220 valence electrons. The molecular formula is C34H34N4O5. The molecule has 4 N–H and O–H groups in total. The van der Waals surface area contributed by atoms with Gasteiger partial charge in [0.25, 0.3) is 11.8 Å². The van der Waals surface area contributed by atoms with Gasteiger partial charge in [-0.1, -0.05) is 62.6 Å². The summed E-state index contributed by atoms with van der Waals surface area (Å²) in [4.78, 5) is 35.4. The molecule has 0 unspecified atom stereocenters. The standard InChI is InChI=1S/C34H34N4O5/c1-2-3-4-5-16-43-28-18-24(33(41)35-20-26-14-12-22-8-6-10-29(39)31(22)37-26)17-25(19-28)34(42)36-21-27-15-13-23-9-7-11-30(40)32(23)38-27/h6-15,17-19,39-40H,2-5,16,20-21H2,1H3,(H,35,41)(H,36,42). The Kier molecular flexibility index (Phi) is 9.31. The molecule has 0 aliphatic rings. The zero-order chi connectivity index (χ0) is 30.2. The zero-order valence-electron chi connectivity index (χ0n) is 24.0. The maximum atomic E-state index is 13.2. The van der Waals surface area contributed by atoms with Gasteiger partial charge in [-0.15, -0.1) is 0 Å². The van der Waals surface area contributed by atoms with E-state index in [9.17, 15) is 19.8 Å². The van der Waals surface area contributed by atoms with E-state index in [0.717, 1.165) is 36.5 Å². The highest BCUT2D eigenvalue weighted by Gasteiger charge is 2.15. The second-order valence-electron chi connectivity index (χ2n) is 10.3. The van der Waals surface area contributed by atoms with Crippen LogP contribution < -0.4 is 15.4 Å². The molecule has 0 aliphatic carbocycles. The molecule has 9 heteroatoms. The van der Waals surface area contributed by atoms with E-state index in [0.29, 0.717) is 34.8 Å². The normalized spacial score (nSPS) is 11.0. The Morgan fingerprint density at radius 3 is 1.74 bits per heavy atom. The molecule has 9 nitrogen and oxygen atoms in total. The highest BCUT2D eigenvalue weighted by Crippen LogP contribution is 2.24. The van der Waals surface area contributed by atoms with E-state index in [1.807, 2.05) is 24.3 Å². The zero-order valence-corrected chi connectivity index (χ0v) is 24.0. The predicted molar refractivity (Wildman–Crippen MR) is 165 cm³/mol. The minimum Gasteiger partial charge on any atom is -0.506 e. The molecule has 0 saturated heterocycles. The van der Waals surface area contributed by atoms with Crippen molar-refractivity contribution < 1.29 is 24.5 Å². The minimum absolute atomic E-state index is 0.0702. The number of nitrogens with zero attached hydrogens (tertiary/aromatic N) is 2. The largest absolute Gasteiger partial charge is 0.506 e. The summed E-state index contributed by atoms with van der Waals surface area (Å²) in [7, 11) is 0. The van der Waals surface area contributed by atoms with E-state index in [1.165, 1.54) is 6.07 Å². The first-order chi connectivity index (χ1) is 20.9. The van der Waals surface area contributed by atoms with E-state index in [4.69, 9.17) is 4.74 Å². The summed E-state index contributed by atoms with van der Waals surface area (Å²) in [6.45, 7) is 2.88. The van der Waals surface area contributed by atoms with Gasteiger partial charge in [0.05, 0.1) is 31.1 Å². The number of carbonyl (C=O) groups excluding carboxylic acids is 2. The van der Waals surface area contributed by atoms with Gasteiger partial charge in [0.1, 0.15) is 28.3 Å². The summed E-state index contributed by atoms with van der Waals surface area (Å²) in [6.07, 6.45) is 4.12. The van der Waals surface area contributed by atoms with Gasteiger partial charge >= 0.3 is 0 Å². The average molecular weight is 579 g/mol. The first-order valence-electron chi connectivity index (χ1n) is 14.4. The van der Waals surface area contributed by atoms with Crippen LogP contribution in [0.25, 0.3) is 21.8 Å². The maximum absolute atomic E-state index is 13.2. The SMILES string of the molecule is CCCCCCOc1cc(C(=O)NCc2ccc3cccc(O)c3n2)cc(C(=O)NCc2ccc3cccc(O)c3n2)c1. The van der Waals surface area contributed by atoms with Crippen LogP contribution in [0.1, 0.15) is 64.7 Å². The quantitative estimate of drug-likeness (QED) is 0.133. The third-order valence-corrected chi connectivity index (χ3v) is 7.07. The van der Waals surface area contributed by atoms with Gasteiger partial charge in [-0.3, -0.25) is 9.59 Å². The van der Waals surface area contributed by atoms with Crippen LogP contribution in [0.3, 0.4) is 0 Å². The van der Waals surface area contributed by atoms with Crippen LogP contribution in [0.4, 0.5) is 0 Å². The Balaban J connectivity index is 1.31. The van der Waals surface area contributed by atoms with Crippen LogP contribution in [0, 0.1) is 0 Å². The number of amides is 2. The fourth-order valence-electron chi connectivity index (χ4n) is 4.75. The number of hydrogen-bond acceptors (Lipinski definition) is 7. The van der Waals surface area contributed by atoms with Crippen molar-refractivity contribution >= 4 is 33.6 Å². The number of unbranched alkanes of at least 4 members (excludes halogenated alkanes) is 3. The van der Waals surface area contributed by atoms with E-state index in [1.54, 1.807) is 48.5 Å². The van der Waals surface area contributed by atoms with Crippen molar-refractivity contribution in [2.24, 2.45) is 0 Å². The Morgan fingerprint density at radius 1 is 0.698 bits per heavy atom. The first kappa shape index (κ1) is 29.3. The van der Waals surface area contributed by atoms with E-state index in [-0.39, 0.29) is 35.7 Å². The van der Waals surface area contributed by atoms with Gasteiger partial charge in [0.15, 0.2) is 0 Å².